The summed E-state index contributed by atoms with van der Waals surface area (Å²) in [5.41, 5.74) is 2.81. The molecule has 0 aromatic heterocycles. The monoisotopic (exact) mass is 440 g/mol. The summed E-state index contributed by atoms with van der Waals surface area (Å²) in [6, 6.07) is 19.7. The van der Waals surface area contributed by atoms with Gasteiger partial charge in [0.1, 0.15) is 5.75 Å². The average Bonchev–Trinajstić information content (AvgIpc) is 2.75. The maximum absolute atomic E-state index is 12.4. The first-order valence-electron chi connectivity index (χ1n) is 9.19. The van der Waals surface area contributed by atoms with E-state index in [1.165, 1.54) is 11.8 Å². The van der Waals surface area contributed by atoms with Crippen LogP contribution in [-0.4, -0.2) is 24.7 Å². The fraction of sp³-hybridized carbons (Fsp3) is 0.130. The minimum Gasteiger partial charge on any atom is -0.497 e. The van der Waals surface area contributed by atoms with Crippen molar-refractivity contribution in [3.63, 3.8) is 0 Å². The highest BCUT2D eigenvalue weighted by Gasteiger charge is 2.09. The maximum atomic E-state index is 12.4. The molecule has 154 valence electrons. The van der Waals surface area contributed by atoms with Crippen LogP contribution in [0.4, 0.5) is 11.4 Å². The molecule has 0 aliphatic carbocycles. The third kappa shape index (κ3) is 6.02. The molecule has 0 saturated carbocycles. The van der Waals surface area contributed by atoms with Crippen LogP contribution in [0.1, 0.15) is 15.9 Å². The molecule has 0 bridgehead atoms. The standard InChI is InChI=1S/C23H21ClN2O3S/c1-15-6-9-18(13-21(15)24)25-22(27)14-30-20-5-3-4-17(12-20)26-23(28)16-7-10-19(29-2)11-8-16/h3-13H,14H2,1-2H3,(H,25,27)(H,26,28). The van der Waals surface area contributed by atoms with Crippen LogP contribution in [0.15, 0.2) is 71.6 Å². The van der Waals surface area contributed by atoms with Crippen LogP contribution in [0.2, 0.25) is 5.02 Å². The van der Waals surface area contributed by atoms with Crippen molar-refractivity contribution in [2.75, 3.05) is 23.5 Å². The molecule has 3 aromatic carbocycles. The van der Waals surface area contributed by atoms with Crippen LogP contribution in [-0.2, 0) is 4.79 Å². The summed E-state index contributed by atoms with van der Waals surface area (Å²) >= 11 is 7.48. The quantitative estimate of drug-likeness (QED) is 0.466. The van der Waals surface area contributed by atoms with Gasteiger partial charge in [-0.15, -0.1) is 11.8 Å². The fourth-order valence-corrected chi connectivity index (χ4v) is 3.56. The number of thioether (sulfide) groups is 1. The number of rotatable bonds is 7. The predicted octanol–water partition coefficient (Wildman–Crippen LogP) is 5.64. The number of halogens is 1. The largest absolute Gasteiger partial charge is 0.497 e. The number of anilines is 2. The Hall–Kier alpha value is -2.96. The van der Waals surface area contributed by atoms with Gasteiger partial charge in [-0.2, -0.15) is 0 Å². The number of ether oxygens (including phenoxy) is 1. The molecule has 0 atom stereocenters. The van der Waals surface area contributed by atoms with E-state index < -0.39 is 0 Å². The van der Waals surface area contributed by atoms with Gasteiger partial charge in [-0.3, -0.25) is 9.59 Å². The number of aryl methyl sites for hydroxylation is 1. The maximum Gasteiger partial charge on any atom is 0.255 e. The van der Waals surface area contributed by atoms with Crippen LogP contribution < -0.4 is 15.4 Å². The molecule has 5 nitrogen and oxygen atoms in total. The lowest BCUT2D eigenvalue weighted by Gasteiger charge is -2.09. The first-order valence-corrected chi connectivity index (χ1v) is 10.6. The van der Waals surface area contributed by atoms with Crippen LogP contribution >= 0.6 is 23.4 Å². The van der Waals surface area contributed by atoms with Crippen LogP contribution in [0, 0.1) is 6.92 Å². The van der Waals surface area contributed by atoms with Crippen molar-refractivity contribution in [1.82, 2.24) is 0 Å². The first kappa shape index (κ1) is 21.7. The molecule has 0 spiro atoms. The highest BCUT2D eigenvalue weighted by Crippen LogP contribution is 2.24. The van der Waals surface area contributed by atoms with E-state index in [-0.39, 0.29) is 17.6 Å². The van der Waals surface area contributed by atoms with Gasteiger partial charge >= 0.3 is 0 Å². The van der Waals surface area contributed by atoms with Crippen molar-refractivity contribution in [1.29, 1.82) is 0 Å². The molecule has 0 heterocycles. The number of amides is 2. The minimum absolute atomic E-state index is 0.132. The van der Waals surface area contributed by atoms with Crippen LogP contribution in [0.3, 0.4) is 0 Å². The zero-order chi connectivity index (χ0) is 21.5. The summed E-state index contributed by atoms with van der Waals surface area (Å²) in [5, 5.41) is 6.31. The molecule has 3 rings (SSSR count). The molecule has 2 N–H and O–H groups in total. The summed E-state index contributed by atoms with van der Waals surface area (Å²) in [6.45, 7) is 1.91. The molecule has 2 amide bonds. The minimum atomic E-state index is -0.214. The van der Waals surface area contributed by atoms with E-state index in [4.69, 9.17) is 16.3 Å². The Morgan fingerprint density at radius 3 is 2.40 bits per heavy atom. The van der Waals surface area contributed by atoms with E-state index in [0.717, 1.165) is 10.5 Å². The molecular weight excluding hydrogens is 420 g/mol. The predicted molar refractivity (Wildman–Crippen MR) is 123 cm³/mol. The van der Waals surface area contributed by atoms with Gasteiger partial charge in [-0.05, 0) is 67.1 Å². The van der Waals surface area contributed by atoms with Gasteiger partial charge in [0.05, 0.1) is 12.9 Å². The molecule has 0 saturated heterocycles. The van der Waals surface area contributed by atoms with Crippen molar-refractivity contribution in [3.05, 3.63) is 82.9 Å². The van der Waals surface area contributed by atoms with Crippen LogP contribution in [0.25, 0.3) is 0 Å². The van der Waals surface area contributed by atoms with Gasteiger partial charge in [0.25, 0.3) is 5.91 Å². The molecule has 30 heavy (non-hydrogen) atoms. The molecule has 3 aromatic rings. The molecule has 0 radical (unpaired) electrons. The lowest BCUT2D eigenvalue weighted by molar-refractivity contribution is -0.113. The second-order valence-corrected chi connectivity index (χ2v) is 7.97. The summed E-state index contributed by atoms with van der Waals surface area (Å²) < 4.78 is 5.10. The first-order chi connectivity index (χ1) is 14.4. The number of carbonyl (C=O) groups is 2. The Morgan fingerprint density at radius 1 is 0.967 bits per heavy atom. The van der Waals surface area contributed by atoms with Gasteiger partial charge in [-0.1, -0.05) is 23.7 Å². The summed E-state index contributed by atoms with van der Waals surface area (Å²) in [4.78, 5) is 25.5. The van der Waals surface area contributed by atoms with Gasteiger partial charge in [0.15, 0.2) is 0 Å². The Kier molecular flexibility index (Phi) is 7.38. The smallest absolute Gasteiger partial charge is 0.255 e. The number of benzene rings is 3. The van der Waals surface area contributed by atoms with Crippen molar-refractivity contribution in [3.8, 4) is 5.75 Å². The summed E-state index contributed by atoms with van der Waals surface area (Å²) in [7, 11) is 1.58. The van der Waals surface area contributed by atoms with Gasteiger partial charge in [-0.25, -0.2) is 0 Å². The lowest BCUT2D eigenvalue weighted by Crippen LogP contribution is -2.14. The van der Waals surface area contributed by atoms with E-state index in [0.29, 0.717) is 27.7 Å². The fourth-order valence-electron chi connectivity index (χ4n) is 2.63. The van der Waals surface area contributed by atoms with E-state index >= 15 is 0 Å². The third-order valence-corrected chi connectivity index (χ3v) is 5.67. The number of nitrogens with one attached hydrogen (secondary N) is 2. The molecule has 0 aliphatic heterocycles. The zero-order valence-corrected chi connectivity index (χ0v) is 18.1. The topological polar surface area (TPSA) is 67.4 Å². The highest BCUT2D eigenvalue weighted by atomic mass is 35.5. The normalized spacial score (nSPS) is 10.4. The molecule has 0 fully saturated rings. The number of carbonyl (C=O) groups excluding carboxylic acids is 2. The Bertz CT molecular complexity index is 1050. The van der Waals surface area contributed by atoms with Crippen molar-refractivity contribution >= 4 is 46.6 Å². The van der Waals surface area contributed by atoms with Gasteiger partial charge in [0, 0.05) is 26.9 Å². The Labute approximate surface area is 184 Å². The van der Waals surface area contributed by atoms with E-state index in [1.54, 1.807) is 43.5 Å². The van der Waals surface area contributed by atoms with Gasteiger partial charge in [0.2, 0.25) is 5.91 Å². The molecular formula is C23H21ClN2O3S. The number of methoxy groups -OCH3 is 1. The van der Waals surface area contributed by atoms with Crippen molar-refractivity contribution < 1.29 is 14.3 Å². The van der Waals surface area contributed by atoms with Gasteiger partial charge < -0.3 is 15.4 Å². The number of hydrogen-bond donors (Lipinski definition) is 2. The molecule has 0 unspecified atom stereocenters. The average molecular weight is 441 g/mol. The third-order valence-electron chi connectivity index (χ3n) is 4.27. The summed E-state index contributed by atoms with van der Waals surface area (Å²) in [6.07, 6.45) is 0. The number of hydrogen-bond acceptors (Lipinski definition) is 4. The van der Waals surface area contributed by atoms with E-state index in [9.17, 15) is 9.59 Å². The lowest BCUT2D eigenvalue weighted by atomic mass is 10.2. The van der Waals surface area contributed by atoms with E-state index in [2.05, 4.69) is 10.6 Å². The second kappa shape index (κ2) is 10.2. The second-order valence-electron chi connectivity index (χ2n) is 6.51. The highest BCUT2D eigenvalue weighted by molar-refractivity contribution is 8.00. The Balaban J connectivity index is 1.56. The Morgan fingerprint density at radius 2 is 1.70 bits per heavy atom. The SMILES string of the molecule is COc1ccc(C(=O)Nc2cccc(SCC(=O)Nc3ccc(C)c(Cl)c3)c2)cc1. The molecule has 0 aliphatic rings. The molecule has 7 heteroatoms. The summed E-state index contributed by atoms with van der Waals surface area (Å²) in [5.74, 6) is 0.582. The zero-order valence-electron chi connectivity index (χ0n) is 16.6. The van der Waals surface area contributed by atoms with Crippen molar-refractivity contribution in [2.24, 2.45) is 0 Å². The van der Waals surface area contributed by atoms with Crippen LogP contribution in [0.5, 0.6) is 5.75 Å². The van der Waals surface area contributed by atoms with Crippen molar-refractivity contribution in [2.45, 2.75) is 11.8 Å². The van der Waals surface area contributed by atoms with E-state index in [1.807, 2.05) is 37.3 Å².